The van der Waals surface area contributed by atoms with E-state index in [1.54, 1.807) is 22.9 Å². The number of nitrogens with zero attached hydrogens (tertiary/aromatic N) is 4. The maximum atomic E-state index is 12.5. The van der Waals surface area contributed by atoms with E-state index in [0.717, 1.165) is 45.7 Å². The minimum atomic E-state index is -0.0485. The van der Waals surface area contributed by atoms with Gasteiger partial charge in [-0.15, -0.1) is 0 Å². The summed E-state index contributed by atoms with van der Waals surface area (Å²) in [4.78, 5) is 24.7. The summed E-state index contributed by atoms with van der Waals surface area (Å²) in [7, 11) is 0. The van der Waals surface area contributed by atoms with Gasteiger partial charge >= 0.3 is 0 Å². The van der Waals surface area contributed by atoms with Crippen LogP contribution in [0.4, 0.5) is 0 Å². The molecule has 2 aromatic heterocycles. The van der Waals surface area contributed by atoms with Gasteiger partial charge in [-0.3, -0.25) is 9.36 Å². The summed E-state index contributed by atoms with van der Waals surface area (Å²) in [6.07, 6.45) is 2.59. The van der Waals surface area contributed by atoms with Crippen LogP contribution in [-0.4, -0.2) is 63.6 Å². The van der Waals surface area contributed by atoms with Crippen molar-refractivity contribution in [1.29, 1.82) is 0 Å². The molecule has 3 rings (SSSR count). The molecule has 23 heavy (non-hydrogen) atoms. The number of pyridine rings is 1. The van der Waals surface area contributed by atoms with Crippen LogP contribution in [0.15, 0.2) is 23.1 Å². The van der Waals surface area contributed by atoms with Crippen molar-refractivity contribution in [2.75, 3.05) is 39.3 Å². The van der Waals surface area contributed by atoms with Crippen LogP contribution in [-0.2, 0) is 6.54 Å². The van der Waals surface area contributed by atoms with Crippen LogP contribution < -0.4 is 5.56 Å². The Balaban J connectivity index is 1.64. The zero-order valence-electron chi connectivity index (χ0n) is 13.5. The van der Waals surface area contributed by atoms with E-state index in [2.05, 4.69) is 26.7 Å². The fraction of sp³-hybridized carbons (Fsp3) is 0.562. The monoisotopic (exact) mass is 333 g/mol. The largest absolute Gasteiger partial charge is 0.316 e. The molecule has 6 nitrogen and oxygen atoms in total. The summed E-state index contributed by atoms with van der Waals surface area (Å²) in [5, 5.41) is 0.595. The molecule has 7 heteroatoms. The number of H-pyrrole nitrogens is 1. The smallest absolute Gasteiger partial charge is 0.263 e. The first-order valence-corrected chi connectivity index (χ1v) is 8.62. The number of piperazine rings is 1. The Bertz CT molecular complexity index is 776. The van der Waals surface area contributed by atoms with E-state index in [9.17, 15) is 4.79 Å². The van der Waals surface area contributed by atoms with Gasteiger partial charge in [0.1, 0.15) is 5.65 Å². The minimum Gasteiger partial charge on any atom is -0.316 e. The average molecular weight is 333 g/mol. The molecule has 0 atom stereocenters. The quantitative estimate of drug-likeness (QED) is 0.840. The number of aromatic amines is 1. The summed E-state index contributed by atoms with van der Waals surface area (Å²) < 4.78 is 2.11. The summed E-state index contributed by atoms with van der Waals surface area (Å²) in [5.74, 6) is 0. The van der Waals surface area contributed by atoms with E-state index < -0.39 is 0 Å². The molecule has 0 radical (unpaired) electrons. The predicted octanol–water partition coefficient (Wildman–Crippen LogP) is 1.48. The second-order valence-electron chi connectivity index (χ2n) is 5.92. The highest BCUT2D eigenvalue weighted by Crippen LogP contribution is 2.05. The molecule has 1 N–H and O–H groups in total. The van der Waals surface area contributed by atoms with Crippen LogP contribution in [0.1, 0.15) is 13.3 Å². The van der Waals surface area contributed by atoms with Crippen molar-refractivity contribution < 1.29 is 0 Å². The van der Waals surface area contributed by atoms with Gasteiger partial charge in [-0.2, -0.15) is 0 Å². The third-order valence-electron chi connectivity index (χ3n) is 4.52. The van der Waals surface area contributed by atoms with E-state index in [1.165, 1.54) is 0 Å². The van der Waals surface area contributed by atoms with Crippen LogP contribution in [0.5, 0.6) is 0 Å². The Morgan fingerprint density at radius 2 is 1.96 bits per heavy atom. The first-order valence-electron chi connectivity index (χ1n) is 8.21. The lowest BCUT2D eigenvalue weighted by molar-refractivity contribution is 0.135. The third-order valence-corrected chi connectivity index (χ3v) is 4.84. The van der Waals surface area contributed by atoms with E-state index >= 15 is 0 Å². The highest BCUT2D eigenvalue weighted by Gasteiger charge is 2.15. The maximum Gasteiger partial charge on any atom is 0.263 e. The lowest BCUT2D eigenvalue weighted by atomic mass is 10.3. The van der Waals surface area contributed by atoms with Crippen molar-refractivity contribution in [1.82, 2.24) is 24.3 Å². The van der Waals surface area contributed by atoms with Gasteiger partial charge in [0.05, 0.1) is 5.39 Å². The molecule has 0 amide bonds. The van der Waals surface area contributed by atoms with Crippen LogP contribution in [0.3, 0.4) is 0 Å². The maximum absolute atomic E-state index is 12.5. The molecule has 0 unspecified atom stereocenters. The van der Waals surface area contributed by atoms with Crippen LogP contribution in [0.25, 0.3) is 11.0 Å². The highest BCUT2D eigenvalue weighted by molar-refractivity contribution is 7.71. The fourth-order valence-electron chi connectivity index (χ4n) is 3.07. The lowest BCUT2D eigenvalue weighted by Crippen LogP contribution is -2.46. The molecule has 0 aliphatic carbocycles. The van der Waals surface area contributed by atoms with Gasteiger partial charge < -0.3 is 14.8 Å². The molecule has 0 saturated carbocycles. The molecule has 1 saturated heterocycles. The molecule has 1 fully saturated rings. The number of hydrogen-bond donors (Lipinski definition) is 1. The SMILES string of the molecule is CCN1CCN(CCCn2c(=S)[nH]c3ncccc3c2=O)CC1. The first-order chi connectivity index (χ1) is 11.2. The van der Waals surface area contributed by atoms with Gasteiger partial charge in [0.2, 0.25) is 0 Å². The van der Waals surface area contributed by atoms with Gasteiger partial charge in [-0.1, -0.05) is 6.92 Å². The van der Waals surface area contributed by atoms with Gasteiger partial charge in [-0.25, -0.2) is 4.98 Å². The summed E-state index contributed by atoms with van der Waals surface area (Å²) >= 11 is 5.32. The fourth-order valence-corrected chi connectivity index (χ4v) is 3.34. The van der Waals surface area contributed by atoms with Crippen LogP contribution >= 0.6 is 12.2 Å². The zero-order valence-corrected chi connectivity index (χ0v) is 14.3. The Kier molecular flexibility index (Phi) is 5.20. The third kappa shape index (κ3) is 3.68. The molecule has 2 aromatic rings. The van der Waals surface area contributed by atoms with Gasteiger partial charge in [0.15, 0.2) is 4.77 Å². The van der Waals surface area contributed by atoms with Gasteiger partial charge in [-0.05, 0) is 43.9 Å². The topological polar surface area (TPSA) is 57.2 Å². The first kappa shape index (κ1) is 16.3. The predicted molar refractivity (Wildman–Crippen MR) is 94.4 cm³/mol. The number of rotatable bonds is 5. The van der Waals surface area contributed by atoms with Crippen molar-refractivity contribution in [3.05, 3.63) is 33.5 Å². The highest BCUT2D eigenvalue weighted by atomic mass is 32.1. The molecule has 124 valence electrons. The molecule has 0 spiro atoms. The zero-order chi connectivity index (χ0) is 16.2. The van der Waals surface area contributed by atoms with Crippen molar-refractivity contribution >= 4 is 23.3 Å². The Morgan fingerprint density at radius 3 is 2.70 bits per heavy atom. The van der Waals surface area contributed by atoms with Crippen LogP contribution in [0, 0.1) is 4.77 Å². The molecular weight excluding hydrogens is 310 g/mol. The van der Waals surface area contributed by atoms with E-state index in [4.69, 9.17) is 12.2 Å². The second-order valence-corrected chi connectivity index (χ2v) is 6.30. The van der Waals surface area contributed by atoms with Crippen LogP contribution in [0.2, 0.25) is 0 Å². The summed E-state index contributed by atoms with van der Waals surface area (Å²) in [6, 6.07) is 3.56. The Labute approximate surface area is 140 Å². The standard InChI is InChI=1S/C16H23N5OS/c1-2-19-9-11-20(12-10-19)7-4-8-21-15(22)13-5-3-6-17-14(13)18-16(21)23/h3,5-6H,2,4,7-12H2,1H3,(H,17,18,23). The number of nitrogens with one attached hydrogen (secondary N) is 1. The van der Waals surface area contributed by atoms with Gasteiger partial charge in [0.25, 0.3) is 5.56 Å². The van der Waals surface area contributed by atoms with E-state index in [1.807, 2.05) is 0 Å². The van der Waals surface area contributed by atoms with E-state index in [-0.39, 0.29) is 5.56 Å². The average Bonchev–Trinajstić information content (AvgIpc) is 2.58. The number of hydrogen-bond acceptors (Lipinski definition) is 5. The van der Waals surface area contributed by atoms with Gasteiger partial charge in [0, 0.05) is 38.9 Å². The summed E-state index contributed by atoms with van der Waals surface area (Å²) in [5.41, 5.74) is 0.516. The van der Waals surface area contributed by atoms with Crippen molar-refractivity contribution in [2.24, 2.45) is 0 Å². The number of fused-ring (bicyclic) bond motifs is 1. The molecular formula is C16H23N5OS. The van der Waals surface area contributed by atoms with E-state index in [0.29, 0.717) is 22.3 Å². The lowest BCUT2D eigenvalue weighted by Gasteiger charge is -2.34. The minimum absolute atomic E-state index is 0.0485. The Morgan fingerprint density at radius 1 is 1.22 bits per heavy atom. The summed E-state index contributed by atoms with van der Waals surface area (Å²) in [6.45, 7) is 9.48. The Hall–Kier alpha value is -1.57. The number of likely N-dealkylation sites (N-methyl/N-ethyl adjacent to an activating group) is 1. The molecule has 0 bridgehead atoms. The second kappa shape index (κ2) is 7.33. The van der Waals surface area contributed by atoms with Crippen molar-refractivity contribution in [3.63, 3.8) is 0 Å². The normalized spacial score (nSPS) is 16.9. The van der Waals surface area contributed by atoms with Crippen molar-refractivity contribution in [3.8, 4) is 0 Å². The molecule has 1 aliphatic heterocycles. The molecule has 1 aliphatic rings. The van der Waals surface area contributed by atoms with Crippen molar-refractivity contribution in [2.45, 2.75) is 19.9 Å². The molecule has 3 heterocycles. The number of aromatic nitrogens is 3. The molecule has 0 aromatic carbocycles.